The van der Waals surface area contributed by atoms with Gasteiger partial charge in [-0.25, -0.2) is 0 Å². The Labute approximate surface area is 121 Å². The summed E-state index contributed by atoms with van der Waals surface area (Å²) in [5.74, 6) is 0.234. The van der Waals surface area contributed by atoms with Gasteiger partial charge in [-0.15, -0.1) is 0 Å². The molecule has 0 aliphatic heterocycles. The summed E-state index contributed by atoms with van der Waals surface area (Å²) in [6, 6.07) is 14.5. The summed E-state index contributed by atoms with van der Waals surface area (Å²) in [4.78, 5) is 14.4. The molecule has 0 aliphatic rings. The average molecular weight is 269 g/mol. The van der Waals surface area contributed by atoms with Crippen LogP contribution in [0.4, 0.5) is 5.69 Å². The van der Waals surface area contributed by atoms with E-state index in [4.69, 9.17) is 0 Å². The normalized spacial score (nSPS) is 10.7. The van der Waals surface area contributed by atoms with E-state index in [0.29, 0.717) is 6.42 Å². The summed E-state index contributed by atoms with van der Waals surface area (Å²) in [5, 5.41) is 2.35. The monoisotopic (exact) mass is 269 g/mol. The number of carbonyl (C=O) groups excluding carboxylic acids is 1. The second-order valence-electron chi connectivity index (χ2n) is 5.15. The first-order valence-electron chi connectivity index (χ1n) is 7.56. The molecule has 0 heterocycles. The number of hydrogen-bond donors (Lipinski definition) is 0. The molecule has 0 radical (unpaired) electrons. The largest absolute Gasteiger partial charge is 0.312 e. The van der Waals surface area contributed by atoms with Gasteiger partial charge < -0.3 is 4.90 Å². The van der Waals surface area contributed by atoms with Crippen molar-refractivity contribution in [1.82, 2.24) is 0 Å². The van der Waals surface area contributed by atoms with E-state index in [2.05, 4.69) is 38.1 Å². The van der Waals surface area contributed by atoms with Crippen LogP contribution in [0.3, 0.4) is 0 Å². The van der Waals surface area contributed by atoms with Gasteiger partial charge >= 0.3 is 0 Å². The molecule has 0 N–H and O–H groups in total. The quantitative estimate of drug-likeness (QED) is 0.739. The Bertz CT molecular complexity index is 571. The number of benzene rings is 2. The van der Waals surface area contributed by atoms with Crippen LogP contribution >= 0.6 is 0 Å². The Kier molecular flexibility index (Phi) is 5.16. The Morgan fingerprint density at radius 3 is 2.50 bits per heavy atom. The van der Waals surface area contributed by atoms with Crippen molar-refractivity contribution in [1.29, 1.82) is 0 Å². The third-order valence-electron chi connectivity index (χ3n) is 3.56. The summed E-state index contributed by atoms with van der Waals surface area (Å²) < 4.78 is 0. The van der Waals surface area contributed by atoms with Crippen LogP contribution in [0.15, 0.2) is 42.5 Å². The second kappa shape index (κ2) is 7.09. The molecule has 2 heteroatoms. The number of amides is 1. The number of fused-ring (bicyclic) bond motifs is 1. The lowest BCUT2D eigenvalue weighted by atomic mass is 10.1. The highest BCUT2D eigenvalue weighted by molar-refractivity contribution is 6.03. The summed E-state index contributed by atoms with van der Waals surface area (Å²) in [7, 11) is 0. The molecule has 0 saturated carbocycles. The fourth-order valence-electron chi connectivity index (χ4n) is 2.49. The Morgan fingerprint density at radius 2 is 1.75 bits per heavy atom. The fourth-order valence-corrected chi connectivity index (χ4v) is 2.49. The molecule has 1 amide bonds. The zero-order valence-electron chi connectivity index (χ0n) is 12.4. The van der Waals surface area contributed by atoms with E-state index in [1.165, 1.54) is 5.39 Å². The van der Waals surface area contributed by atoms with Crippen LogP contribution < -0.4 is 4.90 Å². The number of anilines is 1. The SMILES string of the molecule is CCCCN(C(=O)CCC)c1cccc2ccccc12. The van der Waals surface area contributed by atoms with Crippen LogP contribution in [0.2, 0.25) is 0 Å². The average Bonchev–Trinajstić information content (AvgIpc) is 2.48. The fraction of sp³-hybridized carbons (Fsp3) is 0.389. The van der Waals surface area contributed by atoms with Crippen LogP contribution in [0.25, 0.3) is 10.8 Å². The van der Waals surface area contributed by atoms with Crippen LogP contribution in [-0.2, 0) is 4.79 Å². The summed E-state index contributed by atoms with van der Waals surface area (Å²) >= 11 is 0. The zero-order chi connectivity index (χ0) is 14.4. The van der Waals surface area contributed by atoms with Gasteiger partial charge in [0.1, 0.15) is 0 Å². The molecule has 0 unspecified atom stereocenters. The molecule has 2 aromatic rings. The maximum atomic E-state index is 12.4. The van der Waals surface area contributed by atoms with Crippen molar-refractivity contribution in [2.75, 3.05) is 11.4 Å². The second-order valence-corrected chi connectivity index (χ2v) is 5.15. The third kappa shape index (κ3) is 3.19. The van der Waals surface area contributed by atoms with Crippen molar-refractivity contribution in [3.8, 4) is 0 Å². The van der Waals surface area contributed by atoms with Crippen LogP contribution in [0.1, 0.15) is 39.5 Å². The van der Waals surface area contributed by atoms with Crippen molar-refractivity contribution in [2.45, 2.75) is 39.5 Å². The molecule has 0 saturated heterocycles. The topological polar surface area (TPSA) is 20.3 Å². The number of carbonyl (C=O) groups is 1. The van der Waals surface area contributed by atoms with Gasteiger partial charge in [-0.2, -0.15) is 0 Å². The highest BCUT2D eigenvalue weighted by Gasteiger charge is 2.16. The Morgan fingerprint density at radius 1 is 1.00 bits per heavy atom. The Hall–Kier alpha value is -1.83. The van der Waals surface area contributed by atoms with E-state index in [1.54, 1.807) is 0 Å². The summed E-state index contributed by atoms with van der Waals surface area (Å²) in [6.45, 7) is 5.02. The van der Waals surface area contributed by atoms with Gasteiger partial charge in [0.15, 0.2) is 0 Å². The number of nitrogens with zero attached hydrogens (tertiary/aromatic N) is 1. The third-order valence-corrected chi connectivity index (χ3v) is 3.56. The van der Waals surface area contributed by atoms with E-state index >= 15 is 0 Å². The van der Waals surface area contributed by atoms with E-state index in [-0.39, 0.29) is 5.91 Å². The van der Waals surface area contributed by atoms with Gasteiger partial charge in [0, 0.05) is 18.4 Å². The molecule has 0 atom stereocenters. The van der Waals surface area contributed by atoms with Gasteiger partial charge in [0.05, 0.1) is 5.69 Å². The Balaban J connectivity index is 2.42. The molecule has 2 nitrogen and oxygen atoms in total. The van der Waals surface area contributed by atoms with Crippen LogP contribution in [0, 0.1) is 0 Å². The molecule has 2 rings (SSSR count). The molecule has 0 bridgehead atoms. The molecule has 0 spiro atoms. The highest BCUT2D eigenvalue weighted by Crippen LogP contribution is 2.27. The van der Waals surface area contributed by atoms with Crippen LogP contribution in [-0.4, -0.2) is 12.5 Å². The lowest BCUT2D eigenvalue weighted by Crippen LogP contribution is -2.31. The van der Waals surface area contributed by atoms with E-state index in [1.807, 2.05) is 23.1 Å². The van der Waals surface area contributed by atoms with Crippen molar-refractivity contribution in [3.05, 3.63) is 42.5 Å². The maximum Gasteiger partial charge on any atom is 0.226 e. The van der Waals surface area contributed by atoms with Crippen molar-refractivity contribution >= 4 is 22.4 Å². The van der Waals surface area contributed by atoms with Crippen molar-refractivity contribution in [3.63, 3.8) is 0 Å². The zero-order valence-corrected chi connectivity index (χ0v) is 12.4. The predicted octanol–water partition coefficient (Wildman–Crippen LogP) is 4.77. The minimum atomic E-state index is 0.234. The molecule has 106 valence electrons. The molecule has 0 fully saturated rings. The first-order chi connectivity index (χ1) is 9.77. The van der Waals surface area contributed by atoms with Crippen molar-refractivity contribution < 1.29 is 4.79 Å². The van der Waals surface area contributed by atoms with E-state index < -0.39 is 0 Å². The standard InChI is InChI=1S/C18H23NO/c1-3-5-14-19(18(20)9-4-2)17-13-8-11-15-10-6-7-12-16(15)17/h6-8,10-13H,3-5,9,14H2,1-2H3. The lowest BCUT2D eigenvalue weighted by molar-refractivity contribution is -0.118. The molecule has 0 aromatic heterocycles. The van der Waals surface area contributed by atoms with Gasteiger partial charge in [0.2, 0.25) is 5.91 Å². The first kappa shape index (κ1) is 14.6. The number of rotatable bonds is 6. The van der Waals surface area contributed by atoms with Gasteiger partial charge in [-0.3, -0.25) is 4.79 Å². The van der Waals surface area contributed by atoms with Gasteiger partial charge in [-0.05, 0) is 24.3 Å². The van der Waals surface area contributed by atoms with Gasteiger partial charge in [-0.1, -0.05) is 56.7 Å². The molecule has 2 aromatic carbocycles. The molecule has 20 heavy (non-hydrogen) atoms. The van der Waals surface area contributed by atoms with Crippen LogP contribution in [0.5, 0.6) is 0 Å². The predicted molar refractivity (Wildman–Crippen MR) is 86.1 cm³/mol. The molecule has 0 aliphatic carbocycles. The van der Waals surface area contributed by atoms with E-state index in [0.717, 1.165) is 36.9 Å². The highest BCUT2D eigenvalue weighted by atomic mass is 16.2. The lowest BCUT2D eigenvalue weighted by Gasteiger charge is -2.24. The molecular formula is C18H23NO. The first-order valence-corrected chi connectivity index (χ1v) is 7.56. The van der Waals surface area contributed by atoms with E-state index in [9.17, 15) is 4.79 Å². The molecular weight excluding hydrogens is 246 g/mol. The maximum absolute atomic E-state index is 12.4. The van der Waals surface area contributed by atoms with Crippen molar-refractivity contribution in [2.24, 2.45) is 0 Å². The summed E-state index contributed by atoms with van der Waals surface area (Å²) in [6.07, 6.45) is 3.65. The minimum absolute atomic E-state index is 0.234. The minimum Gasteiger partial charge on any atom is -0.312 e. The number of unbranched alkanes of at least 4 members (excludes halogenated alkanes) is 1. The van der Waals surface area contributed by atoms with Gasteiger partial charge in [0.25, 0.3) is 0 Å². The number of hydrogen-bond acceptors (Lipinski definition) is 1. The smallest absolute Gasteiger partial charge is 0.226 e. The summed E-state index contributed by atoms with van der Waals surface area (Å²) in [5.41, 5.74) is 1.05.